The lowest BCUT2D eigenvalue weighted by Gasteiger charge is -2.17. The predicted molar refractivity (Wildman–Crippen MR) is 97.1 cm³/mol. The number of hydrogen-bond acceptors (Lipinski definition) is 3. The van der Waals surface area contributed by atoms with E-state index < -0.39 is 0 Å². The Hall–Kier alpha value is -1.14. The fourth-order valence-electron chi connectivity index (χ4n) is 2.09. The standard InChI is InChI=1S/C16H11BrClNOS2/c17-11-3-4-13(18)12(8-11)16(20)19-15(10-5-7-21-9-10)14-2-1-6-22-14/h1-9,15H,(H,19,20)/t15-/m1/s1. The smallest absolute Gasteiger partial charge is 0.253 e. The second-order valence-corrected chi connectivity index (χ2v) is 7.68. The molecule has 0 aliphatic heterocycles. The summed E-state index contributed by atoms with van der Waals surface area (Å²) >= 11 is 12.8. The van der Waals surface area contributed by atoms with E-state index in [4.69, 9.17) is 11.6 Å². The van der Waals surface area contributed by atoms with Gasteiger partial charge in [-0.25, -0.2) is 0 Å². The van der Waals surface area contributed by atoms with Gasteiger partial charge in [0.2, 0.25) is 0 Å². The highest BCUT2D eigenvalue weighted by Crippen LogP contribution is 2.29. The number of carbonyl (C=O) groups is 1. The molecule has 0 spiro atoms. The van der Waals surface area contributed by atoms with Crippen LogP contribution in [0.2, 0.25) is 5.02 Å². The lowest BCUT2D eigenvalue weighted by molar-refractivity contribution is 0.0943. The molecule has 0 fully saturated rings. The van der Waals surface area contributed by atoms with Crippen molar-refractivity contribution in [1.29, 1.82) is 0 Å². The van der Waals surface area contributed by atoms with E-state index in [0.717, 1.165) is 14.9 Å². The van der Waals surface area contributed by atoms with E-state index in [0.29, 0.717) is 10.6 Å². The second-order valence-electron chi connectivity index (χ2n) is 4.60. The molecule has 0 unspecified atom stereocenters. The van der Waals surface area contributed by atoms with Crippen molar-refractivity contribution in [1.82, 2.24) is 5.32 Å². The van der Waals surface area contributed by atoms with Crippen molar-refractivity contribution < 1.29 is 4.79 Å². The topological polar surface area (TPSA) is 29.1 Å². The maximum absolute atomic E-state index is 12.6. The third-order valence-electron chi connectivity index (χ3n) is 3.15. The molecule has 2 aromatic heterocycles. The summed E-state index contributed by atoms with van der Waals surface area (Å²) in [6, 6.07) is 11.1. The van der Waals surface area contributed by atoms with Crippen molar-refractivity contribution in [3.8, 4) is 0 Å². The number of nitrogens with one attached hydrogen (secondary N) is 1. The predicted octanol–water partition coefficient (Wildman–Crippen LogP) is 5.74. The number of benzene rings is 1. The Bertz CT molecular complexity index is 737. The maximum Gasteiger partial charge on any atom is 0.253 e. The van der Waals surface area contributed by atoms with Crippen LogP contribution in [-0.2, 0) is 0 Å². The molecule has 3 aromatic rings. The zero-order valence-electron chi connectivity index (χ0n) is 11.3. The van der Waals surface area contributed by atoms with Crippen molar-refractivity contribution in [2.75, 3.05) is 0 Å². The molecule has 1 N–H and O–H groups in total. The Labute approximate surface area is 149 Å². The first-order chi connectivity index (χ1) is 10.6. The fraction of sp³-hybridized carbons (Fsp3) is 0.0625. The Kier molecular flexibility index (Phi) is 4.98. The molecule has 6 heteroatoms. The molecule has 22 heavy (non-hydrogen) atoms. The largest absolute Gasteiger partial charge is 0.340 e. The third-order valence-corrected chi connectivity index (χ3v) is 5.61. The van der Waals surface area contributed by atoms with Crippen molar-refractivity contribution in [2.45, 2.75) is 6.04 Å². The van der Waals surface area contributed by atoms with Crippen molar-refractivity contribution in [3.05, 3.63) is 78.0 Å². The molecule has 1 amide bonds. The molecule has 112 valence electrons. The van der Waals surface area contributed by atoms with E-state index in [1.54, 1.807) is 34.8 Å². The highest BCUT2D eigenvalue weighted by molar-refractivity contribution is 9.10. The Morgan fingerprint density at radius 2 is 2.09 bits per heavy atom. The van der Waals surface area contributed by atoms with Crippen LogP contribution in [0.3, 0.4) is 0 Å². The van der Waals surface area contributed by atoms with Gasteiger partial charge in [-0.3, -0.25) is 4.79 Å². The molecule has 0 saturated carbocycles. The SMILES string of the molecule is O=C(N[C@H](c1ccsc1)c1cccs1)c1cc(Br)ccc1Cl. The molecule has 0 bridgehead atoms. The minimum Gasteiger partial charge on any atom is -0.340 e. The van der Waals surface area contributed by atoms with E-state index in [2.05, 4.69) is 21.2 Å². The molecule has 0 aliphatic carbocycles. The number of carbonyl (C=O) groups excluding carboxylic acids is 1. The summed E-state index contributed by atoms with van der Waals surface area (Å²) in [5, 5.41) is 9.58. The molecule has 0 aliphatic rings. The van der Waals surface area contributed by atoms with Gasteiger partial charge in [0.05, 0.1) is 16.6 Å². The van der Waals surface area contributed by atoms with Crippen LogP contribution in [0.15, 0.2) is 57.0 Å². The molecule has 2 nitrogen and oxygen atoms in total. The average Bonchev–Trinajstić information content (AvgIpc) is 3.20. The van der Waals surface area contributed by atoms with Gasteiger partial charge in [-0.15, -0.1) is 11.3 Å². The summed E-state index contributed by atoms with van der Waals surface area (Å²) in [4.78, 5) is 13.7. The highest BCUT2D eigenvalue weighted by Gasteiger charge is 2.20. The number of thiophene rings is 2. The quantitative estimate of drug-likeness (QED) is 0.581. The zero-order chi connectivity index (χ0) is 15.5. The van der Waals surface area contributed by atoms with Crippen LogP contribution in [0.5, 0.6) is 0 Å². The van der Waals surface area contributed by atoms with Gasteiger partial charge >= 0.3 is 0 Å². The van der Waals surface area contributed by atoms with Crippen molar-refractivity contribution in [2.24, 2.45) is 0 Å². The molecular formula is C16H11BrClNOS2. The summed E-state index contributed by atoms with van der Waals surface area (Å²) in [5.74, 6) is -0.184. The Morgan fingerprint density at radius 3 is 2.77 bits per heavy atom. The molecule has 1 aromatic carbocycles. The van der Waals surface area contributed by atoms with Gasteiger partial charge in [0.1, 0.15) is 0 Å². The summed E-state index contributed by atoms with van der Waals surface area (Å²) in [7, 11) is 0. The van der Waals surface area contributed by atoms with Crippen molar-refractivity contribution in [3.63, 3.8) is 0 Å². The van der Waals surface area contributed by atoms with Crippen molar-refractivity contribution >= 4 is 56.1 Å². The van der Waals surface area contributed by atoms with Crippen LogP contribution in [0.4, 0.5) is 0 Å². The first kappa shape index (κ1) is 15.7. The number of rotatable bonds is 4. The van der Waals surface area contributed by atoms with Crippen LogP contribution < -0.4 is 5.32 Å². The molecule has 0 radical (unpaired) electrons. The molecule has 1 atom stereocenters. The van der Waals surface area contributed by atoms with E-state index >= 15 is 0 Å². The Balaban J connectivity index is 1.91. The lowest BCUT2D eigenvalue weighted by Crippen LogP contribution is -2.28. The molecule has 2 heterocycles. The van der Waals surface area contributed by atoms with Gasteiger partial charge in [-0.05, 0) is 52.0 Å². The van der Waals surface area contributed by atoms with Crippen LogP contribution in [0.25, 0.3) is 0 Å². The normalized spacial score (nSPS) is 12.1. The van der Waals surface area contributed by atoms with E-state index in [-0.39, 0.29) is 11.9 Å². The molecule has 3 rings (SSSR count). The number of amides is 1. The van der Waals surface area contributed by atoms with Gasteiger partial charge in [0.25, 0.3) is 5.91 Å². The Morgan fingerprint density at radius 1 is 1.23 bits per heavy atom. The van der Waals surface area contributed by atoms with Gasteiger partial charge in [-0.1, -0.05) is 33.6 Å². The highest BCUT2D eigenvalue weighted by atomic mass is 79.9. The van der Waals surface area contributed by atoms with Crippen LogP contribution in [0.1, 0.15) is 26.8 Å². The second kappa shape index (κ2) is 6.96. The summed E-state index contributed by atoms with van der Waals surface area (Å²) in [6.45, 7) is 0. The minimum atomic E-state index is -0.184. The lowest BCUT2D eigenvalue weighted by atomic mass is 10.1. The first-order valence-corrected chi connectivity index (χ1v) is 9.46. The zero-order valence-corrected chi connectivity index (χ0v) is 15.2. The third kappa shape index (κ3) is 3.43. The van der Waals surface area contributed by atoms with Gasteiger partial charge in [0.15, 0.2) is 0 Å². The summed E-state index contributed by atoms with van der Waals surface area (Å²) in [6.07, 6.45) is 0. The van der Waals surface area contributed by atoms with Gasteiger partial charge in [-0.2, -0.15) is 11.3 Å². The molecule has 0 saturated heterocycles. The minimum absolute atomic E-state index is 0.159. The average molecular weight is 413 g/mol. The van der Waals surface area contributed by atoms with Gasteiger partial charge in [0, 0.05) is 9.35 Å². The summed E-state index contributed by atoms with van der Waals surface area (Å²) < 4.78 is 0.824. The summed E-state index contributed by atoms with van der Waals surface area (Å²) in [5.41, 5.74) is 1.54. The van der Waals surface area contributed by atoms with E-state index in [1.165, 1.54) is 0 Å². The van der Waals surface area contributed by atoms with Gasteiger partial charge < -0.3 is 5.32 Å². The monoisotopic (exact) mass is 411 g/mol. The van der Waals surface area contributed by atoms with E-state index in [9.17, 15) is 4.79 Å². The van der Waals surface area contributed by atoms with Crippen LogP contribution in [-0.4, -0.2) is 5.91 Å². The van der Waals surface area contributed by atoms with E-state index in [1.807, 2.05) is 40.4 Å². The van der Waals surface area contributed by atoms with Crippen LogP contribution >= 0.6 is 50.2 Å². The fourth-order valence-corrected chi connectivity index (χ4v) is 4.15. The number of halogens is 2. The first-order valence-electron chi connectivity index (χ1n) is 6.46. The molecular weight excluding hydrogens is 402 g/mol. The van der Waals surface area contributed by atoms with Crippen LogP contribution in [0, 0.1) is 0 Å². The number of hydrogen-bond donors (Lipinski definition) is 1. The maximum atomic E-state index is 12.6.